The number of carbonyl (C=O) groups is 1. The predicted molar refractivity (Wildman–Crippen MR) is 91.1 cm³/mol. The van der Waals surface area contributed by atoms with Gasteiger partial charge in [-0.3, -0.25) is 4.79 Å². The Morgan fingerprint density at radius 2 is 1.54 bits per heavy atom. The van der Waals surface area contributed by atoms with Crippen LogP contribution in [0.25, 0.3) is 0 Å². The molecule has 0 aliphatic heterocycles. The first-order chi connectivity index (χ1) is 11.7. The first kappa shape index (κ1) is 17.8. The topological polar surface area (TPSA) is 47.6 Å². The minimum absolute atomic E-state index is 0.169. The van der Waals surface area contributed by atoms with Gasteiger partial charge in [0.2, 0.25) is 0 Å². The highest BCUT2D eigenvalue weighted by atomic mass is 19.1. The summed E-state index contributed by atoms with van der Waals surface area (Å²) >= 11 is 0. The molecule has 0 bridgehead atoms. The summed E-state index contributed by atoms with van der Waals surface area (Å²) in [5.41, 5.74) is 0.569. The Kier molecular flexibility index (Phi) is 7.08. The van der Waals surface area contributed by atoms with Crippen LogP contribution in [0.15, 0.2) is 48.5 Å². The summed E-state index contributed by atoms with van der Waals surface area (Å²) in [5.74, 6) is 0.856. The van der Waals surface area contributed by atoms with E-state index in [0.717, 1.165) is 18.6 Å². The fourth-order valence-corrected chi connectivity index (χ4v) is 2.00. The fraction of sp³-hybridized carbons (Fsp3) is 0.316. The number of benzene rings is 2. The summed E-state index contributed by atoms with van der Waals surface area (Å²) in [6.45, 7) is 3.47. The molecule has 4 nitrogen and oxygen atoms in total. The molecule has 0 fully saturated rings. The molecule has 128 valence electrons. The van der Waals surface area contributed by atoms with Crippen molar-refractivity contribution in [2.75, 3.05) is 19.8 Å². The summed E-state index contributed by atoms with van der Waals surface area (Å²) in [7, 11) is 0. The summed E-state index contributed by atoms with van der Waals surface area (Å²) in [6.07, 6.45) is 2.09. The van der Waals surface area contributed by atoms with E-state index in [4.69, 9.17) is 9.47 Å². The van der Waals surface area contributed by atoms with Crippen LogP contribution in [0.1, 0.15) is 30.1 Å². The number of hydrogen-bond donors (Lipinski definition) is 1. The summed E-state index contributed by atoms with van der Waals surface area (Å²) in [6, 6.07) is 12.8. The number of hydrogen-bond acceptors (Lipinski definition) is 3. The van der Waals surface area contributed by atoms with Crippen molar-refractivity contribution < 1.29 is 18.7 Å². The number of unbranched alkanes of at least 4 members (excludes halogenated alkanes) is 1. The van der Waals surface area contributed by atoms with E-state index in [1.165, 1.54) is 12.1 Å². The van der Waals surface area contributed by atoms with Gasteiger partial charge in [0.25, 0.3) is 5.91 Å². The molecular weight excluding hydrogens is 309 g/mol. The Hall–Kier alpha value is -2.56. The standard InChI is InChI=1S/C19H22FNO3/c1-2-3-13-23-17-8-4-15(5-9-17)19(22)21-12-14-24-18-10-6-16(20)7-11-18/h4-11H,2-3,12-14H2,1H3,(H,21,22). The molecule has 0 atom stereocenters. The lowest BCUT2D eigenvalue weighted by Gasteiger charge is -2.09. The normalized spacial score (nSPS) is 10.2. The van der Waals surface area contributed by atoms with Gasteiger partial charge in [0, 0.05) is 5.56 Å². The molecule has 0 radical (unpaired) electrons. The van der Waals surface area contributed by atoms with Crippen LogP contribution in [0.2, 0.25) is 0 Å². The molecule has 0 aliphatic carbocycles. The van der Waals surface area contributed by atoms with E-state index in [1.54, 1.807) is 36.4 Å². The SMILES string of the molecule is CCCCOc1ccc(C(=O)NCCOc2ccc(F)cc2)cc1. The van der Waals surface area contributed by atoms with Gasteiger partial charge in [-0.1, -0.05) is 13.3 Å². The Morgan fingerprint density at radius 3 is 2.17 bits per heavy atom. The van der Waals surface area contributed by atoms with Crippen molar-refractivity contribution in [3.8, 4) is 11.5 Å². The van der Waals surface area contributed by atoms with Gasteiger partial charge in [-0.25, -0.2) is 4.39 Å². The molecular formula is C19H22FNO3. The number of halogens is 1. The molecule has 0 aliphatic rings. The summed E-state index contributed by atoms with van der Waals surface area (Å²) in [4.78, 5) is 12.0. The average Bonchev–Trinajstić information content (AvgIpc) is 2.61. The Bertz CT molecular complexity index is 626. The zero-order valence-electron chi connectivity index (χ0n) is 13.8. The average molecular weight is 331 g/mol. The second kappa shape index (κ2) is 9.55. The van der Waals surface area contributed by atoms with Crippen molar-refractivity contribution in [3.63, 3.8) is 0 Å². The maximum atomic E-state index is 12.8. The predicted octanol–water partition coefficient (Wildman–Crippen LogP) is 3.81. The largest absolute Gasteiger partial charge is 0.494 e. The lowest BCUT2D eigenvalue weighted by Crippen LogP contribution is -2.28. The first-order valence-electron chi connectivity index (χ1n) is 8.08. The molecule has 0 spiro atoms. The number of rotatable bonds is 9. The molecule has 0 aromatic heterocycles. The molecule has 2 rings (SSSR count). The van der Waals surface area contributed by atoms with Crippen molar-refractivity contribution in [1.82, 2.24) is 5.32 Å². The second-order valence-electron chi connectivity index (χ2n) is 5.28. The smallest absolute Gasteiger partial charge is 0.251 e. The van der Waals surface area contributed by atoms with Gasteiger partial charge in [-0.2, -0.15) is 0 Å². The minimum atomic E-state index is -0.308. The van der Waals surface area contributed by atoms with E-state index in [0.29, 0.717) is 31.1 Å². The Morgan fingerprint density at radius 1 is 0.958 bits per heavy atom. The zero-order chi connectivity index (χ0) is 17.2. The van der Waals surface area contributed by atoms with Crippen molar-refractivity contribution in [3.05, 3.63) is 59.9 Å². The van der Waals surface area contributed by atoms with Gasteiger partial charge in [0.05, 0.1) is 13.2 Å². The van der Waals surface area contributed by atoms with E-state index < -0.39 is 0 Å². The van der Waals surface area contributed by atoms with E-state index in [1.807, 2.05) is 0 Å². The maximum absolute atomic E-state index is 12.8. The van der Waals surface area contributed by atoms with Gasteiger partial charge in [0.15, 0.2) is 0 Å². The van der Waals surface area contributed by atoms with Crippen molar-refractivity contribution in [2.45, 2.75) is 19.8 Å². The van der Waals surface area contributed by atoms with Crippen LogP contribution in [0.3, 0.4) is 0 Å². The highest BCUT2D eigenvalue weighted by Crippen LogP contribution is 2.13. The molecule has 0 saturated heterocycles. The maximum Gasteiger partial charge on any atom is 0.251 e. The molecule has 0 unspecified atom stereocenters. The number of amides is 1. The summed E-state index contributed by atoms with van der Waals surface area (Å²) < 4.78 is 23.7. The summed E-state index contributed by atoms with van der Waals surface area (Å²) in [5, 5.41) is 2.77. The second-order valence-corrected chi connectivity index (χ2v) is 5.28. The molecule has 5 heteroatoms. The van der Waals surface area contributed by atoms with Crippen LogP contribution >= 0.6 is 0 Å². The van der Waals surface area contributed by atoms with Crippen molar-refractivity contribution in [2.24, 2.45) is 0 Å². The van der Waals surface area contributed by atoms with Crippen molar-refractivity contribution in [1.29, 1.82) is 0 Å². The van der Waals surface area contributed by atoms with Crippen LogP contribution in [0.5, 0.6) is 11.5 Å². The fourth-order valence-electron chi connectivity index (χ4n) is 2.00. The van der Waals surface area contributed by atoms with Crippen LogP contribution in [0, 0.1) is 5.82 Å². The molecule has 1 N–H and O–H groups in total. The Balaban J connectivity index is 1.71. The molecule has 24 heavy (non-hydrogen) atoms. The third-order valence-corrected chi connectivity index (χ3v) is 3.35. The third kappa shape index (κ3) is 5.91. The molecule has 0 heterocycles. The van der Waals surface area contributed by atoms with E-state index in [9.17, 15) is 9.18 Å². The Labute approximate surface area is 141 Å². The lowest BCUT2D eigenvalue weighted by molar-refractivity contribution is 0.0947. The van der Waals surface area contributed by atoms with Gasteiger partial charge < -0.3 is 14.8 Å². The highest BCUT2D eigenvalue weighted by Gasteiger charge is 2.05. The van der Waals surface area contributed by atoms with Crippen LogP contribution in [-0.2, 0) is 0 Å². The number of nitrogens with one attached hydrogen (secondary N) is 1. The van der Waals surface area contributed by atoms with Crippen LogP contribution in [-0.4, -0.2) is 25.7 Å². The van der Waals surface area contributed by atoms with Crippen LogP contribution < -0.4 is 14.8 Å². The monoisotopic (exact) mass is 331 g/mol. The number of carbonyl (C=O) groups excluding carboxylic acids is 1. The molecule has 1 amide bonds. The molecule has 2 aromatic carbocycles. The van der Waals surface area contributed by atoms with E-state index >= 15 is 0 Å². The minimum Gasteiger partial charge on any atom is -0.494 e. The van der Waals surface area contributed by atoms with Crippen molar-refractivity contribution >= 4 is 5.91 Å². The van der Waals surface area contributed by atoms with E-state index in [2.05, 4.69) is 12.2 Å². The third-order valence-electron chi connectivity index (χ3n) is 3.35. The van der Waals surface area contributed by atoms with Gasteiger partial charge >= 0.3 is 0 Å². The quantitative estimate of drug-likeness (QED) is 0.711. The molecule has 2 aromatic rings. The van der Waals surface area contributed by atoms with Gasteiger partial charge in [0.1, 0.15) is 23.9 Å². The van der Waals surface area contributed by atoms with Crippen LogP contribution in [0.4, 0.5) is 4.39 Å². The molecule has 0 saturated carbocycles. The number of ether oxygens (including phenoxy) is 2. The zero-order valence-corrected chi connectivity index (χ0v) is 13.8. The van der Waals surface area contributed by atoms with Gasteiger partial charge in [-0.15, -0.1) is 0 Å². The lowest BCUT2D eigenvalue weighted by atomic mass is 10.2. The van der Waals surface area contributed by atoms with Gasteiger partial charge in [-0.05, 0) is 55.0 Å². The first-order valence-corrected chi connectivity index (χ1v) is 8.08. The highest BCUT2D eigenvalue weighted by molar-refractivity contribution is 5.94. The van der Waals surface area contributed by atoms with E-state index in [-0.39, 0.29) is 11.7 Å².